The van der Waals surface area contributed by atoms with Crippen LogP contribution in [0.5, 0.6) is 0 Å². The number of primary amides is 1. The van der Waals surface area contributed by atoms with E-state index in [2.05, 4.69) is 15.3 Å². The van der Waals surface area contributed by atoms with Gasteiger partial charge in [-0.15, -0.1) is 10.2 Å². The second-order valence-electron chi connectivity index (χ2n) is 4.27. The number of rotatable bonds is 4. The standard InChI is InChI=1S/C12H13N5O3/c1-6-8(5-11(18)19)7(2)17(16-6)10-4-3-9(12(13)20)14-15-10/h3-4H,5H2,1-2H3,(H2,13,20)(H,18,19). The van der Waals surface area contributed by atoms with Gasteiger partial charge in [0.1, 0.15) is 0 Å². The van der Waals surface area contributed by atoms with Gasteiger partial charge >= 0.3 is 5.97 Å². The maximum Gasteiger partial charge on any atom is 0.307 e. The van der Waals surface area contributed by atoms with Crippen LogP contribution in [0.15, 0.2) is 12.1 Å². The number of carboxylic acids is 1. The highest BCUT2D eigenvalue weighted by atomic mass is 16.4. The first-order valence-electron chi connectivity index (χ1n) is 5.81. The average molecular weight is 275 g/mol. The first kappa shape index (κ1) is 13.7. The fourth-order valence-corrected chi connectivity index (χ4v) is 1.87. The Bertz CT molecular complexity index is 675. The van der Waals surface area contributed by atoms with E-state index in [0.29, 0.717) is 22.8 Å². The van der Waals surface area contributed by atoms with Crippen molar-refractivity contribution < 1.29 is 14.7 Å². The minimum Gasteiger partial charge on any atom is -0.481 e. The van der Waals surface area contributed by atoms with Crippen LogP contribution in [0.3, 0.4) is 0 Å². The smallest absolute Gasteiger partial charge is 0.307 e. The van der Waals surface area contributed by atoms with E-state index in [4.69, 9.17) is 10.8 Å². The molecule has 0 bridgehead atoms. The van der Waals surface area contributed by atoms with Gasteiger partial charge in [0.25, 0.3) is 5.91 Å². The second-order valence-corrected chi connectivity index (χ2v) is 4.27. The molecule has 2 rings (SSSR count). The zero-order valence-corrected chi connectivity index (χ0v) is 11.0. The molecule has 20 heavy (non-hydrogen) atoms. The lowest BCUT2D eigenvalue weighted by atomic mass is 10.1. The maximum absolute atomic E-state index is 10.9. The minimum atomic E-state index is -0.925. The Hall–Kier alpha value is -2.77. The lowest BCUT2D eigenvalue weighted by Crippen LogP contribution is -2.15. The zero-order valence-electron chi connectivity index (χ0n) is 11.0. The molecule has 0 spiro atoms. The van der Waals surface area contributed by atoms with Gasteiger partial charge in [-0.05, 0) is 26.0 Å². The van der Waals surface area contributed by atoms with Gasteiger partial charge in [0.2, 0.25) is 0 Å². The second kappa shape index (κ2) is 5.08. The number of carbonyl (C=O) groups is 2. The van der Waals surface area contributed by atoms with Gasteiger partial charge in [-0.3, -0.25) is 9.59 Å². The van der Waals surface area contributed by atoms with Crippen molar-refractivity contribution in [2.24, 2.45) is 5.73 Å². The van der Waals surface area contributed by atoms with Crippen molar-refractivity contribution in [2.45, 2.75) is 20.3 Å². The van der Waals surface area contributed by atoms with E-state index < -0.39 is 11.9 Å². The Balaban J connectivity index is 2.43. The molecule has 0 aliphatic carbocycles. The van der Waals surface area contributed by atoms with E-state index in [1.165, 1.54) is 10.7 Å². The van der Waals surface area contributed by atoms with Gasteiger partial charge in [-0.1, -0.05) is 0 Å². The molecule has 0 aromatic carbocycles. The number of aliphatic carboxylic acids is 1. The summed E-state index contributed by atoms with van der Waals surface area (Å²) in [6.07, 6.45) is -0.107. The largest absolute Gasteiger partial charge is 0.481 e. The summed E-state index contributed by atoms with van der Waals surface area (Å²) >= 11 is 0. The van der Waals surface area contributed by atoms with Gasteiger partial charge in [-0.25, -0.2) is 4.68 Å². The number of aromatic nitrogens is 4. The molecule has 0 atom stereocenters. The van der Waals surface area contributed by atoms with Gasteiger partial charge in [0.05, 0.1) is 12.1 Å². The molecule has 0 aliphatic rings. The monoisotopic (exact) mass is 275 g/mol. The zero-order chi connectivity index (χ0) is 14.9. The molecule has 0 aliphatic heterocycles. The summed E-state index contributed by atoms with van der Waals surface area (Å²) in [5, 5.41) is 20.7. The van der Waals surface area contributed by atoms with Gasteiger partial charge in [0, 0.05) is 11.3 Å². The van der Waals surface area contributed by atoms with Crippen molar-refractivity contribution in [1.82, 2.24) is 20.0 Å². The third-order valence-corrected chi connectivity index (χ3v) is 2.89. The molecule has 0 saturated carbocycles. The minimum absolute atomic E-state index is 0.0565. The summed E-state index contributed by atoms with van der Waals surface area (Å²) < 4.78 is 1.49. The summed E-state index contributed by atoms with van der Waals surface area (Å²) in [4.78, 5) is 21.7. The summed E-state index contributed by atoms with van der Waals surface area (Å²) in [5.41, 5.74) is 7.07. The average Bonchev–Trinajstić information content (AvgIpc) is 2.66. The van der Waals surface area contributed by atoms with Crippen LogP contribution < -0.4 is 5.73 Å². The van der Waals surface area contributed by atoms with Gasteiger partial charge < -0.3 is 10.8 Å². The molecule has 2 aromatic rings. The number of amides is 1. The first-order valence-corrected chi connectivity index (χ1v) is 5.81. The molecule has 8 heteroatoms. The van der Waals surface area contributed by atoms with Crippen molar-refractivity contribution in [2.75, 3.05) is 0 Å². The number of nitrogens with two attached hydrogens (primary N) is 1. The third-order valence-electron chi connectivity index (χ3n) is 2.89. The van der Waals surface area contributed by atoms with Crippen LogP contribution in [0.2, 0.25) is 0 Å². The van der Waals surface area contributed by atoms with Gasteiger partial charge in [0.15, 0.2) is 11.5 Å². The molecular formula is C12H13N5O3. The van der Waals surface area contributed by atoms with E-state index in [-0.39, 0.29) is 12.1 Å². The van der Waals surface area contributed by atoms with E-state index in [0.717, 1.165) is 0 Å². The normalized spacial score (nSPS) is 10.5. The molecule has 2 aromatic heterocycles. The van der Waals surface area contributed by atoms with Crippen molar-refractivity contribution in [3.8, 4) is 5.82 Å². The molecule has 0 radical (unpaired) electrons. The fraction of sp³-hybridized carbons (Fsp3) is 0.250. The molecule has 8 nitrogen and oxygen atoms in total. The molecular weight excluding hydrogens is 262 g/mol. The van der Waals surface area contributed by atoms with Crippen LogP contribution >= 0.6 is 0 Å². The van der Waals surface area contributed by atoms with Crippen LogP contribution in [0.25, 0.3) is 5.82 Å². The lowest BCUT2D eigenvalue weighted by Gasteiger charge is -2.03. The van der Waals surface area contributed by atoms with Gasteiger partial charge in [-0.2, -0.15) is 5.10 Å². The summed E-state index contributed by atoms with van der Waals surface area (Å²) in [6.45, 7) is 3.48. The fourth-order valence-electron chi connectivity index (χ4n) is 1.87. The van der Waals surface area contributed by atoms with Crippen molar-refractivity contribution in [3.05, 3.63) is 34.8 Å². The number of aryl methyl sites for hydroxylation is 1. The SMILES string of the molecule is Cc1nn(-c2ccc(C(N)=O)nn2)c(C)c1CC(=O)O. The Morgan fingerprint density at radius 2 is 2.00 bits per heavy atom. The molecule has 0 saturated heterocycles. The molecule has 2 heterocycles. The molecule has 1 amide bonds. The van der Waals surface area contributed by atoms with E-state index in [1.807, 2.05) is 0 Å². The quantitative estimate of drug-likeness (QED) is 0.809. The van der Waals surface area contributed by atoms with E-state index >= 15 is 0 Å². The highest BCUT2D eigenvalue weighted by Crippen LogP contribution is 2.17. The molecule has 0 fully saturated rings. The van der Waals surface area contributed by atoms with Crippen molar-refractivity contribution >= 4 is 11.9 Å². The van der Waals surface area contributed by atoms with Crippen molar-refractivity contribution in [3.63, 3.8) is 0 Å². The Morgan fingerprint density at radius 3 is 2.50 bits per heavy atom. The summed E-state index contributed by atoms with van der Waals surface area (Å²) in [5.74, 6) is -1.19. The van der Waals surface area contributed by atoms with Crippen LogP contribution in [0.1, 0.15) is 27.4 Å². The molecule has 0 unspecified atom stereocenters. The number of hydrogen-bond donors (Lipinski definition) is 2. The molecule has 104 valence electrons. The van der Waals surface area contributed by atoms with Crippen LogP contribution in [-0.2, 0) is 11.2 Å². The van der Waals surface area contributed by atoms with Crippen molar-refractivity contribution in [1.29, 1.82) is 0 Å². The number of carbonyl (C=O) groups excluding carboxylic acids is 1. The van der Waals surface area contributed by atoms with E-state index in [9.17, 15) is 9.59 Å². The summed E-state index contributed by atoms with van der Waals surface area (Å²) in [7, 11) is 0. The van der Waals surface area contributed by atoms with E-state index in [1.54, 1.807) is 19.9 Å². The lowest BCUT2D eigenvalue weighted by molar-refractivity contribution is -0.136. The number of nitrogens with zero attached hydrogens (tertiary/aromatic N) is 4. The maximum atomic E-state index is 10.9. The number of hydrogen-bond acceptors (Lipinski definition) is 5. The molecule has 3 N–H and O–H groups in total. The Morgan fingerprint density at radius 1 is 1.30 bits per heavy atom. The summed E-state index contributed by atoms with van der Waals surface area (Å²) in [6, 6.07) is 3.00. The van der Waals surface area contributed by atoms with Crippen LogP contribution in [-0.4, -0.2) is 37.0 Å². The predicted octanol–water partition coefficient (Wildman–Crippen LogP) is 0.00514. The van der Waals surface area contributed by atoms with Crippen LogP contribution in [0.4, 0.5) is 0 Å². The highest BCUT2D eigenvalue weighted by molar-refractivity contribution is 5.90. The topological polar surface area (TPSA) is 124 Å². The third kappa shape index (κ3) is 2.48. The Kier molecular flexibility index (Phi) is 3.47. The predicted molar refractivity (Wildman–Crippen MR) is 68.5 cm³/mol. The highest BCUT2D eigenvalue weighted by Gasteiger charge is 2.16. The first-order chi connectivity index (χ1) is 9.40. The Labute approximate surface area is 114 Å². The number of carboxylic acid groups (broad SMARTS) is 1. The van der Waals surface area contributed by atoms with Crippen LogP contribution in [0, 0.1) is 13.8 Å².